The predicted octanol–water partition coefficient (Wildman–Crippen LogP) is 3.16. The number of carbonyl (C=O) groups is 1. The highest BCUT2D eigenvalue weighted by Crippen LogP contribution is 2.10. The highest BCUT2D eigenvalue weighted by Gasteiger charge is 2.09. The van der Waals surface area contributed by atoms with E-state index < -0.39 is 5.97 Å². The Morgan fingerprint density at radius 2 is 1.30 bits per heavy atom. The average molecular weight is 269 g/mol. The Balaban J connectivity index is 2.02. The highest BCUT2D eigenvalue weighted by molar-refractivity contribution is 5.66. The minimum Gasteiger partial charge on any atom is -0.481 e. The Hall–Kier alpha value is -2.13. The number of hydrogen-bond acceptors (Lipinski definition) is 2. The zero-order valence-corrected chi connectivity index (χ0v) is 11.4. The van der Waals surface area contributed by atoms with E-state index in [2.05, 4.69) is 29.2 Å². The van der Waals surface area contributed by atoms with Crippen molar-refractivity contribution in [1.29, 1.82) is 0 Å². The van der Waals surface area contributed by atoms with Crippen LogP contribution in [-0.2, 0) is 17.9 Å². The molecule has 0 radical (unpaired) electrons. The van der Waals surface area contributed by atoms with Crippen molar-refractivity contribution in [3.05, 3.63) is 71.8 Å². The molecule has 0 fully saturated rings. The second kappa shape index (κ2) is 7.46. The Labute approximate surface area is 119 Å². The number of rotatable bonds is 7. The standard InChI is InChI=1S/C17H19NO2/c19-17(20)11-12-18(13-15-7-3-1-4-8-15)14-16-9-5-2-6-10-16/h1-10H,11-14H2,(H,19,20). The normalized spacial score (nSPS) is 10.7. The van der Waals surface area contributed by atoms with Gasteiger partial charge in [-0.05, 0) is 11.1 Å². The lowest BCUT2D eigenvalue weighted by Crippen LogP contribution is -2.25. The van der Waals surface area contributed by atoms with Gasteiger partial charge in [0.25, 0.3) is 0 Å². The maximum atomic E-state index is 10.8. The second-order valence-corrected chi connectivity index (χ2v) is 4.83. The van der Waals surface area contributed by atoms with Gasteiger partial charge in [-0.25, -0.2) is 0 Å². The Bertz CT molecular complexity index is 484. The van der Waals surface area contributed by atoms with E-state index in [9.17, 15) is 4.79 Å². The van der Waals surface area contributed by atoms with Gasteiger partial charge in [0, 0.05) is 19.6 Å². The van der Waals surface area contributed by atoms with Crippen LogP contribution in [0.5, 0.6) is 0 Å². The van der Waals surface area contributed by atoms with Gasteiger partial charge < -0.3 is 5.11 Å². The molecule has 0 bridgehead atoms. The number of benzene rings is 2. The highest BCUT2D eigenvalue weighted by atomic mass is 16.4. The van der Waals surface area contributed by atoms with Crippen molar-refractivity contribution < 1.29 is 9.90 Å². The molecule has 3 heteroatoms. The zero-order valence-electron chi connectivity index (χ0n) is 11.4. The Morgan fingerprint density at radius 1 is 0.850 bits per heavy atom. The molecule has 2 rings (SSSR count). The molecule has 104 valence electrons. The van der Waals surface area contributed by atoms with Crippen LogP contribution in [0, 0.1) is 0 Å². The lowest BCUT2D eigenvalue weighted by Gasteiger charge is -2.21. The summed E-state index contributed by atoms with van der Waals surface area (Å²) < 4.78 is 0. The smallest absolute Gasteiger partial charge is 0.304 e. The van der Waals surface area contributed by atoms with Crippen molar-refractivity contribution in [3.8, 4) is 0 Å². The molecular weight excluding hydrogens is 250 g/mol. The minimum atomic E-state index is -0.754. The minimum absolute atomic E-state index is 0.166. The van der Waals surface area contributed by atoms with Crippen molar-refractivity contribution in [3.63, 3.8) is 0 Å². The summed E-state index contributed by atoms with van der Waals surface area (Å²) in [4.78, 5) is 12.9. The Morgan fingerprint density at radius 3 is 1.70 bits per heavy atom. The zero-order chi connectivity index (χ0) is 14.2. The second-order valence-electron chi connectivity index (χ2n) is 4.83. The summed E-state index contributed by atoms with van der Waals surface area (Å²) in [5.41, 5.74) is 2.41. The van der Waals surface area contributed by atoms with E-state index in [1.54, 1.807) is 0 Å². The molecule has 0 aliphatic carbocycles. The first kappa shape index (κ1) is 14.3. The first-order valence-corrected chi connectivity index (χ1v) is 6.76. The van der Waals surface area contributed by atoms with Crippen molar-refractivity contribution in [2.75, 3.05) is 6.54 Å². The molecule has 0 spiro atoms. The summed E-state index contributed by atoms with van der Waals surface area (Å²) in [6, 6.07) is 20.3. The van der Waals surface area contributed by atoms with Crippen LogP contribution in [0.25, 0.3) is 0 Å². The summed E-state index contributed by atoms with van der Waals surface area (Å²) in [6.45, 7) is 2.09. The summed E-state index contributed by atoms with van der Waals surface area (Å²) in [5, 5.41) is 8.87. The number of carboxylic acid groups (broad SMARTS) is 1. The lowest BCUT2D eigenvalue weighted by atomic mass is 10.1. The van der Waals surface area contributed by atoms with Crippen LogP contribution in [0.4, 0.5) is 0 Å². The molecule has 0 aromatic heterocycles. The van der Waals surface area contributed by atoms with Crippen molar-refractivity contribution in [2.45, 2.75) is 19.5 Å². The van der Waals surface area contributed by atoms with E-state index in [-0.39, 0.29) is 6.42 Å². The topological polar surface area (TPSA) is 40.5 Å². The van der Waals surface area contributed by atoms with Crippen LogP contribution in [0.3, 0.4) is 0 Å². The van der Waals surface area contributed by atoms with Gasteiger partial charge in [-0.1, -0.05) is 60.7 Å². The Kier molecular flexibility index (Phi) is 5.33. The SMILES string of the molecule is O=C(O)CCN(Cc1ccccc1)Cc1ccccc1. The summed E-state index contributed by atoms with van der Waals surface area (Å²) >= 11 is 0. The van der Waals surface area contributed by atoms with Gasteiger partial charge >= 0.3 is 5.97 Å². The maximum absolute atomic E-state index is 10.8. The van der Waals surface area contributed by atoms with Gasteiger partial charge in [0.1, 0.15) is 0 Å². The van der Waals surface area contributed by atoms with Crippen LogP contribution in [0.15, 0.2) is 60.7 Å². The maximum Gasteiger partial charge on any atom is 0.304 e. The third kappa shape index (κ3) is 4.86. The number of nitrogens with zero attached hydrogens (tertiary/aromatic N) is 1. The molecule has 0 saturated carbocycles. The van der Waals surface area contributed by atoms with E-state index in [1.807, 2.05) is 36.4 Å². The molecular formula is C17H19NO2. The molecule has 0 heterocycles. The van der Waals surface area contributed by atoms with Gasteiger partial charge in [0.15, 0.2) is 0 Å². The van der Waals surface area contributed by atoms with Crippen molar-refractivity contribution >= 4 is 5.97 Å². The molecule has 0 aliphatic rings. The first-order valence-electron chi connectivity index (χ1n) is 6.76. The summed E-state index contributed by atoms with van der Waals surface area (Å²) in [6.07, 6.45) is 0.166. The molecule has 0 amide bonds. The average Bonchev–Trinajstić information content (AvgIpc) is 2.47. The van der Waals surface area contributed by atoms with E-state index in [4.69, 9.17) is 5.11 Å². The monoisotopic (exact) mass is 269 g/mol. The molecule has 2 aromatic rings. The van der Waals surface area contributed by atoms with Crippen molar-refractivity contribution in [1.82, 2.24) is 4.90 Å². The first-order chi connectivity index (χ1) is 9.74. The van der Waals surface area contributed by atoms with E-state index in [0.717, 1.165) is 13.1 Å². The fraction of sp³-hybridized carbons (Fsp3) is 0.235. The van der Waals surface area contributed by atoms with Gasteiger partial charge in [-0.2, -0.15) is 0 Å². The van der Waals surface area contributed by atoms with E-state index in [0.29, 0.717) is 6.54 Å². The van der Waals surface area contributed by atoms with Crippen LogP contribution in [0.2, 0.25) is 0 Å². The van der Waals surface area contributed by atoms with Gasteiger partial charge in [-0.3, -0.25) is 9.69 Å². The van der Waals surface area contributed by atoms with Crippen LogP contribution in [-0.4, -0.2) is 22.5 Å². The lowest BCUT2D eigenvalue weighted by molar-refractivity contribution is -0.137. The van der Waals surface area contributed by atoms with Crippen LogP contribution < -0.4 is 0 Å². The van der Waals surface area contributed by atoms with Gasteiger partial charge in [0.05, 0.1) is 6.42 Å². The quantitative estimate of drug-likeness (QED) is 0.839. The molecule has 0 atom stereocenters. The molecule has 3 nitrogen and oxygen atoms in total. The molecule has 0 unspecified atom stereocenters. The predicted molar refractivity (Wildman–Crippen MR) is 79.3 cm³/mol. The van der Waals surface area contributed by atoms with Crippen LogP contribution >= 0.6 is 0 Å². The van der Waals surface area contributed by atoms with Gasteiger partial charge in [0.2, 0.25) is 0 Å². The van der Waals surface area contributed by atoms with E-state index in [1.165, 1.54) is 11.1 Å². The molecule has 1 N–H and O–H groups in total. The third-order valence-electron chi connectivity index (χ3n) is 3.14. The van der Waals surface area contributed by atoms with Crippen molar-refractivity contribution in [2.24, 2.45) is 0 Å². The molecule has 20 heavy (non-hydrogen) atoms. The van der Waals surface area contributed by atoms with E-state index >= 15 is 0 Å². The van der Waals surface area contributed by atoms with Gasteiger partial charge in [-0.15, -0.1) is 0 Å². The third-order valence-corrected chi connectivity index (χ3v) is 3.14. The fourth-order valence-corrected chi connectivity index (χ4v) is 2.15. The fourth-order valence-electron chi connectivity index (χ4n) is 2.15. The number of aliphatic carboxylic acids is 1. The molecule has 2 aromatic carbocycles. The summed E-state index contributed by atoms with van der Waals surface area (Å²) in [5.74, 6) is -0.754. The molecule has 0 aliphatic heterocycles. The van der Waals surface area contributed by atoms with Crippen LogP contribution in [0.1, 0.15) is 17.5 Å². The largest absolute Gasteiger partial charge is 0.481 e. The number of carboxylic acids is 1. The molecule has 0 saturated heterocycles. The summed E-state index contributed by atoms with van der Waals surface area (Å²) in [7, 11) is 0. The number of hydrogen-bond donors (Lipinski definition) is 1.